The van der Waals surface area contributed by atoms with E-state index in [1.807, 2.05) is 31.2 Å². The Kier molecular flexibility index (Phi) is 4.73. The number of hydrogen-bond donors (Lipinski definition) is 1. The molecule has 2 atom stereocenters. The molecule has 0 amide bonds. The second kappa shape index (κ2) is 6.33. The minimum atomic E-state index is -1.06. The summed E-state index contributed by atoms with van der Waals surface area (Å²) in [5.41, 5.74) is 10.7. The lowest BCUT2D eigenvalue weighted by molar-refractivity contribution is 0.674. The predicted octanol–water partition coefficient (Wildman–Crippen LogP) is 3.42. The Morgan fingerprint density at radius 1 is 1.05 bits per heavy atom. The van der Waals surface area contributed by atoms with Crippen molar-refractivity contribution in [2.75, 3.05) is 5.75 Å². The standard InChI is InChI=1S/C17H21NOS/c1-12-8-13(2)10-15(9-12)16(18)11-20(19)17-7-5-4-6-14(17)3/h4-10,16H,11,18H2,1-3H3. The monoisotopic (exact) mass is 287 g/mol. The Hall–Kier alpha value is -1.45. The van der Waals surface area contributed by atoms with Crippen molar-refractivity contribution in [1.82, 2.24) is 0 Å². The molecule has 20 heavy (non-hydrogen) atoms. The van der Waals surface area contributed by atoms with Crippen LogP contribution in [-0.4, -0.2) is 9.96 Å². The van der Waals surface area contributed by atoms with Gasteiger partial charge >= 0.3 is 0 Å². The fourth-order valence-corrected chi connectivity index (χ4v) is 3.74. The minimum absolute atomic E-state index is 0.200. The summed E-state index contributed by atoms with van der Waals surface area (Å²) in [5.74, 6) is 0.452. The highest BCUT2D eigenvalue weighted by Crippen LogP contribution is 2.20. The Bertz CT molecular complexity index is 616. The van der Waals surface area contributed by atoms with Crippen molar-refractivity contribution in [1.29, 1.82) is 0 Å². The molecule has 2 rings (SSSR count). The van der Waals surface area contributed by atoms with Gasteiger partial charge in [0.15, 0.2) is 0 Å². The van der Waals surface area contributed by atoms with Crippen LogP contribution in [0.1, 0.15) is 28.3 Å². The molecule has 0 aromatic heterocycles. The third-order valence-electron chi connectivity index (χ3n) is 3.34. The van der Waals surface area contributed by atoms with E-state index in [4.69, 9.17) is 5.73 Å². The molecule has 0 fully saturated rings. The van der Waals surface area contributed by atoms with Crippen LogP contribution >= 0.6 is 0 Å². The smallest absolute Gasteiger partial charge is 0.0551 e. The molecule has 2 aromatic carbocycles. The van der Waals surface area contributed by atoms with Crippen molar-refractivity contribution in [2.45, 2.75) is 31.7 Å². The van der Waals surface area contributed by atoms with Crippen molar-refractivity contribution in [3.63, 3.8) is 0 Å². The van der Waals surface area contributed by atoms with E-state index in [1.165, 1.54) is 11.1 Å². The van der Waals surface area contributed by atoms with E-state index in [-0.39, 0.29) is 6.04 Å². The van der Waals surface area contributed by atoms with Gasteiger partial charge in [0.1, 0.15) is 0 Å². The third-order valence-corrected chi connectivity index (χ3v) is 4.95. The maximum atomic E-state index is 12.5. The van der Waals surface area contributed by atoms with Crippen LogP contribution in [0.15, 0.2) is 47.4 Å². The van der Waals surface area contributed by atoms with E-state index >= 15 is 0 Å². The molecule has 2 N–H and O–H groups in total. The summed E-state index contributed by atoms with van der Waals surface area (Å²) >= 11 is 0. The minimum Gasteiger partial charge on any atom is -0.323 e. The summed E-state index contributed by atoms with van der Waals surface area (Å²) in [6.07, 6.45) is 0. The van der Waals surface area contributed by atoms with Gasteiger partial charge in [0, 0.05) is 16.7 Å². The quantitative estimate of drug-likeness (QED) is 0.936. The van der Waals surface area contributed by atoms with E-state index in [9.17, 15) is 4.21 Å². The van der Waals surface area contributed by atoms with Crippen LogP contribution in [0, 0.1) is 20.8 Å². The van der Waals surface area contributed by atoms with Crippen molar-refractivity contribution in [2.24, 2.45) is 5.73 Å². The summed E-state index contributed by atoms with van der Waals surface area (Å²) in [7, 11) is -1.06. The molecule has 0 saturated heterocycles. The van der Waals surface area contributed by atoms with Crippen LogP contribution in [0.2, 0.25) is 0 Å². The van der Waals surface area contributed by atoms with Gasteiger partial charge in [-0.3, -0.25) is 4.21 Å². The van der Waals surface area contributed by atoms with Gasteiger partial charge < -0.3 is 5.73 Å². The second-order valence-corrected chi connectivity index (χ2v) is 6.77. The molecular weight excluding hydrogens is 266 g/mol. The van der Waals surface area contributed by atoms with Crippen molar-refractivity contribution in [3.8, 4) is 0 Å². The Morgan fingerprint density at radius 3 is 2.25 bits per heavy atom. The van der Waals surface area contributed by atoms with Gasteiger partial charge in [-0.1, -0.05) is 47.5 Å². The SMILES string of the molecule is Cc1cc(C)cc(C(N)CS(=O)c2ccccc2C)c1. The van der Waals surface area contributed by atoms with E-state index < -0.39 is 10.8 Å². The molecule has 0 heterocycles. The normalized spacial score (nSPS) is 14.0. The number of benzene rings is 2. The van der Waals surface area contributed by atoms with Gasteiger partial charge in [0.05, 0.1) is 10.8 Å². The molecule has 106 valence electrons. The van der Waals surface area contributed by atoms with Gasteiger partial charge in [0.2, 0.25) is 0 Å². The molecular formula is C17H21NOS. The summed E-state index contributed by atoms with van der Waals surface area (Å²) in [6.45, 7) is 6.10. The van der Waals surface area contributed by atoms with Crippen LogP contribution in [0.25, 0.3) is 0 Å². The molecule has 2 unspecified atom stereocenters. The van der Waals surface area contributed by atoms with Crippen LogP contribution in [-0.2, 0) is 10.8 Å². The molecule has 0 bridgehead atoms. The largest absolute Gasteiger partial charge is 0.323 e. The third kappa shape index (κ3) is 3.56. The van der Waals surface area contributed by atoms with Gasteiger partial charge in [0.25, 0.3) is 0 Å². The summed E-state index contributed by atoms with van der Waals surface area (Å²) in [4.78, 5) is 0.882. The van der Waals surface area contributed by atoms with E-state index in [0.717, 1.165) is 16.0 Å². The van der Waals surface area contributed by atoms with E-state index in [2.05, 4.69) is 32.0 Å². The first-order chi connectivity index (χ1) is 9.47. The molecule has 0 aliphatic carbocycles. The number of hydrogen-bond acceptors (Lipinski definition) is 2. The topological polar surface area (TPSA) is 43.1 Å². The van der Waals surface area contributed by atoms with Gasteiger partial charge in [-0.25, -0.2) is 0 Å². The number of rotatable bonds is 4. The van der Waals surface area contributed by atoms with Crippen LogP contribution < -0.4 is 5.73 Å². The zero-order valence-electron chi connectivity index (χ0n) is 12.2. The highest BCUT2D eigenvalue weighted by molar-refractivity contribution is 7.85. The van der Waals surface area contributed by atoms with Crippen LogP contribution in [0.4, 0.5) is 0 Å². The van der Waals surface area contributed by atoms with Gasteiger partial charge in [-0.15, -0.1) is 0 Å². The molecule has 0 aliphatic rings. The molecule has 0 radical (unpaired) electrons. The Morgan fingerprint density at radius 2 is 1.65 bits per heavy atom. The molecule has 2 nitrogen and oxygen atoms in total. The maximum absolute atomic E-state index is 12.5. The van der Waals surface area contributed by atoms with E-state index in [0.29, 0.717) is 5.75 Å². The average Bonchev–Trinajstić information content (AvgIpc) is 2.37. The van der Waals surface area contributed by atoms with Crippen LogP contribution in [0.5, 0.6) is 0 Å². The molecule has 0 spiro atoms. The lowest BCUT2D eigenvalue weighted by Gasteiger charge is -2.14. The summed E-state index contributed by atoms with van der Waals surface area (Å²) in [5, 5.41) is 0. The highest BCUT2D eigenvalue weighted by atomic mass is 32.2. The Balaban J connectivity index is 2.17. The lowest BCUT2D eigenvalue weighted by atomic mass is 10.0. The van der Waals surface area contributed by atoms with Gasteiger partial charge in [-0.2, -0.15) is 0 Å². The fourth-order valence-electron chi connectivity index (χ4n) is 2.38. The zero-order chi connectivity index (χ0) is 14.7. The predicted molar refractivity (Wildman–Crippen MR) is 85.3 cm³/mol. The molecule has 2 aromatic rings. The first kappa shape index (κ1) is 14.9. The zero-order valence-corrected chi connectivity index (χ0v) is 13.0. The second-order valence-electron chi connectivity index (χ2n) is 5.31. The first-order valence-electron chi connectivity index (χ1n) is 6.75. The van der Waals surface area contributed by atoms with Gasteiger partial charge in [-0.05, 0) is 38.0 Å². The number of aryl methyl sites for hydroxylation is 3. The average molecular weight is 287 g/mol. The van der Waals surface area contributed by atoms with Crippen molar-refractivity contribution < 1.29 is 4.21 Å². The summed E-state index contributed by atoms with van der Waals surface area (Å²) in [6, 6.07) is 13.8. The highest BCUT2D eigenvalue weighted by Gasteiger charge is 2.14. The summed E-state index contributed by atoms with van der Waals surface area (Å²) < 4.78 is 12.5. The molecule has 0 saturated carbocycles. The van der Waals surface area contributed by atoms with Crippen molar-refractivity contribution >= 4 is 10.8 Å². The van der Waals surface area contributed by atoms with Crippen LogP contribution in [0.3, 0.4) is 0 Å². The first-order valence-corrected chi connectivity index (χ1v) is 8.07. The molecule has 0 aliphatic heterocycles. The van der Waals surface area contributed by atoms with E-state index in [1.54, 1.807) is 0 Å². The lowest BCUT2D eigenvalue weighted by Crippen LogP contribution is -2.19. The number of nitrogens with two attached hydrogens (primary N) is 1. The fraction of sp³-hybridized carbons (Fsp3) is 0.294. The molecule has 3 heteroatoms. The van der Waals surface area contributed by atoms with Crippen molar-refractivity contribution in [3.05, 3.63) is 64.7 Å². The maximum Gasteiger partial charge on any atom is 0.0551 e. The Labute approximate surface area is 123 Å².